The summed E-state index contributed by atoms with van der Waals surface area (Å²) in [7, 11) is 1.65. The van der Waals surface area contributed by atoms with Gasteiger partial charge in [-0.3, -0.25) is 4.79 Å². The van der Waals surface area contributed by atoms with Gasteiger partial charge in [-0.2, -0.15) is 0 Å². The van der Waals surface area contributed by atoms with Crippen molar-refractivity contribution in [2.75, 3.05) is 7.11 Å². The Morgan fingerprint density at radius 1 is 1.36 bits per heavy atom. The van der Waals surface area contributed by atoms with Gasteiger partial charge in [0.05, 0.1) is 13.2 Å². The number of para-hydroxylation sites is 1. The van der Waals surface area contributed by atoms with Gasteiger partial charge in [-0.05, 0) is 37.8 Å². The van der Waals surface area contributed by atoms with Crippen LogP contribution in [0.2, 0.25) is 0 Å². The molecule has 0 bridgehead atoms. The second-order valence-corrected chi connectivity index (χ2v) is 6.64. The van der Waals surface area contributed by atoms with Crippen LogP contribution in [0.1, 0.15) is 62.5 Å². The van der Waals surface area contributed by atoms with E-state index >= 15 is 0 Å². The predicted molar refractivity (Wildman–Crippen MR) is 95.4 cm³/mol. The van der Waals surface area contributed by atoms with E-state index < -0.39 is 0 Å². The van der Waals surface area contributed by atoms with Crippen molar-refractivity contribution < 1.29 is 9.53 Å². The van der Waals surface area contributed by atoms with Gasteiger partial charge in [0.15, 0.2) is 5.82 Å². The maximum Gasteiger partial charge on any atom is 0.220 e. The topological polar surface area (TPSA) is 69.0 Å². The number of nitrogens with one attached hydrogen (secondary N) is 1. The molecule has 1 aliphatic rings. The Labute approximate surface area is 148 Å². The molecule has 25 heavy (non-hydrogen) atoms. The fourth-order valence-corrected chi connectivity index (χ4v) is 3.56. The second kappa shape index (κ2) is 8.14. The van der Waals surface area contributed by atoms with Crippen LogP contribution in [-0.4, -0.2) is 27.8 Å². The van der Waals surface area contributed by atoms with Crippen LogP contribution in [0.4, 0.5) is 0 Å². The molecule has 1 N–H and O–H groups in total. The van der Waals surface area contributed by atoms with Gasteiger partial charge >= 0.3 is 0 Å². The van der Waals surface area contributed by atoms with Crippen molar-refractivity contribution in [1.29, 1.82) is 0 Å². The lowest BCUT2D eigenvalue weighted by atomic mass is 10.1. The summed E-state index contributed by atoms with van der Waals surface area (Å²) in [5.41, 5.74) is 1.04. The van der Waals surface area contributed by atoms with Gasteiger partial charge in [-0.15, -0.1) is 10.2 Å². The highest BCUT2D eigenvalue weighted by molar-refractivity contribution is 5.76. The SMILES string of the molecule is COc1ccccc1CCC(=O)NC(C)c1nncn1C1CCCC1. The summed E-state index contributed by atoms with van der Waals surface area (Å²) in [4.78, 5) is 12.3. The molecule has 134 valence electrons. The second-order valence-electron chi connectivity index (χ2n) is 6.64. The largest absolute Gasteiger partial charge is 0.496 e. The van der Waals surface area contributed by atoms with Crippen LogP contribution in [0, 0.1) is 0 Å². The Bertz CT molecular complexity index is 707. The molecular weight excluding hydrogens is 316 g/mol. The number of aryl methyl sites for hydroxylation is 1. The van der Waals surface area contributed by atoms with E-state index in [0.29, 0.717) is 18.9 Å². The van der Waals surface area contributed by atoms with Gasteiger partial charge in [0, 0.05) is 12.5 Å². The Balaban J connectivity index is 1.57. The molecule has 2 aromatic rings. The summed E-state index contributed by atoms with van der Waals surface area (Å²) in [5, 5.41) is 11.3. The minimum absolute atomic E-state index is 0.0133. The number of nitrogens with zero attached hydrogens (tertiary/aromatic N) is 3. The molecule has 3 rings (SSSR count). The van der Waals surface area contributed by atoms with Crippen molar-refractivity contribution in [3.63, 3.8) is 0 Å². The standard InChI is InChI=1S/C19H26N4O2/c1-14(19-22-20-13-23(19)16-8-4-5-9-16)21-18(24)12-11-15-7-3-6-10-17(15)25-2/h3,6-7,10,13-14,16H,4-5,8-9,11-12H2,1-2H3,(H,21,24). The van der Waals surface area contributed by atoms with Gasteiger partial charge < -0.3 is 14.6 Å². The summed E-state index contributed by atoms with van der Waals surface area (Å²) >= 11 is 0. The summed E-state index contributed by atoms with van der Waals surface area (Å²) in [6, 6.07) is 8.13. The predicted octanol–water partition coefficient (Wildman–Crippen LogP) is 3.21. The first-order valence-corrected chi connectivity index (χ1v) is 8.99. The van der Waals surface area contributed by atoms with Gasteiger partial charge in [0.1, 0.15) is 12.1 Å². The zero-order valence-corrected chi connectivity index (χ0v) is 14.9. The molecule has 1 unspecified atom stereocenters. The number of ether oxygens (including phenoxy) is 1. The number of benzene rings is 1. The first kappa shape index (κ1) is 17.5. The summed E-state index contributed by atoms with van der Waals surface area (Å²) in [5.74, 6) is 1.68. The van der Waals surface area contributed by atoms with E-state index in [9.17, 15) is 4.79 Å². The van der Waals surface area contributed by atoms with Gasteiger partial charge in [-0.1, -0.05) is 31.0 Å². The molecule has 1 aromatic carbocycles. The Kier molecular flexibility index (Phi) is 5.68. The molecule has 1 fully saturated rings. The Hall–Kier alpha value is -2.37. The lowest BCUT2D eigenvalue weighted by Gasteiger charge is -2.18. The first-order chi connectivity index (χ1) is 12.2. The highest BCUT2D eigenvalue weighted by Gasteiger charge is 2.23. The number of carbonyl (C=O) groups excluding carboxylic acids is 1. The quantitative estimate of drug-likeness (QED) is 0.839. The monoisotopic (exact) mass is 342 g/mol. The van der Waals surface area contributed by atoms with Crippen LogP contribution in [0.25, 0.3) is 0 Å². The van der Waals surface area contributed by atoms with E-state index in [1.165, 1.54) is 25.7 Å². The van der Waals surface area contributed by atoms with Crippen LogP contribution < -0.4 is 10.1 Å². The first-order valence-electron chi connectivity index (χ1n) is 8.99. The molecule has 0 radical (unpaired) electrons. The van der Waals surface area contributed by atoms with E-state index in [2.05, 4.69) is 20.1 Å². The Morgan fingerprint density at radius 2 is 2.12 bits per heavy atom. The summed E-state index contributed by atoms with van der Waals surface area (Å²) in [6.45, 7) is 1.97. The zero-order valence-electron chi connectivity index (χ0n) is 14.9. The van der Waals surface area contributed by atoms with Crippen molar-refractivity contribution in [3.05, 3.63) is 42.0 Å². The van der Waals surface area contributed by atoms with Gasteiger partial charge in [0.2, 0.25) is 5.91 Å². The molecule has 1 saturated carbocycles. The minimum atomic E-state index is -0.145. The van der Waals surface area contributed by atoms with E-state index in [4.69, 9.17) is 4.74 Å². The Morgan fingerprint density at radius 3 is 2.88 bits per heavy atom. The van der Waals surface area contributed by atoms with Crippen molar-refractivity contribution >= 4 is 5.91 Å². The maximum atomic E-state index is 12.3. The zero-order chi connectivity index (χ0) is 17.6. The van der Waals surface area contributed by atoms with Crippen LogP contribution in [0.15, 0.2) is 30.6 Å². The normalized spacial score (nSPS) is 15.9. The lowest BCUT2D eigenvalue weighted by Crippen LogP contribution is -2.29. The van der Waals surface area contributed by atoms with Crippen LogP contribution >= 0.6 is 0 Å². The van der Waals surface area contributed by atoms with E-state index in [-0.39, 0.29) is 11.9 Å². The molecule has 1 aliphatic carbocycles. The molecule has 1 aromatic heterocycles. The molecular formula is C19H26N4O2. The molecule has 0 aliphatic heterocycles. The smallest absolute Gasteiger partial charge is 0.220 e. The molecule has 1 amide bonds. The third-order valence-electron chi connectivity index (χ3n) is 4.90. The third kappa shape index (κ3) is 4.18. The van der Waals surface area contributed by atoms with Crippen LogP contribution in [0.3, 0.4) is 0 Å². The van der Waals surface area contributed by atoms with Crippen LogP contribution in [-0.2, 0) is 11.2 Å². The van der Waals surface area contributed by atoms with Crippen LogP contribution in [0.5, 0.6) is 5.75 Å². The molecule has 1 heterocycles. The number of hydrogen-bond donors (Lipinski definition) is 1. The van der Waals surface area contributed by atoms with E-state index in [0.717, 1.165) is 17.1 Å². The molecule has 0 spiro atoms. The van der Waals surface area contributed by atoms with Gasteiger partial charge in [0.25, 0.3) is 0 Å². The highest BCUT2D eigenvalue weighted by Crippen LogP contribution is 2.31. The number of hydrogen-bond acceptors (Lipinski definition) is 4. The number of methoxy groups -OCH3 is 1. The average Bonchev–Trinajstić information content (AvgIpc) is 3.30. The fraction of sp³-hybridized carbons (Fsp3) is 0.526. The van der Waals surface area contributed by atoms with Crippen molar-refractivity contribution in [3.8, 4) is 5.75 Å². The van der Waals surface area contributed by atoms with Crippen molar-refractivity contribution in [2.24, 2.45) is 0 Å². The minimum Gasteiger partial charge on any atom is -0.496 e. The number of rotatable bonds is 7. The number of aromatic nitrogens is 3. The lowest BCUT2D eigenvalue weighted by molar-refractivity contribution is -0.121. The molecule has 6 nitrogen and oxygen atoms in total. The summed E-state index contributed by atoms with van der Waals surface area (Å²) < 4.78 is 7.47. The average molecular weight is 342 g/mol. The molecule has 0 saturated heterocycles. The van der Waals surface area contributed by atoms with Crippen molar-refractivity contribution in [1.82, 2.24) is 20.1 Å². The number of carbonyl (C=O) groups is 1. The highest BCUT2D eigenvalue weighted by atomic mass is 16.5. The van der Waals surface area contributed by atoms with E-state index in [1.54, 1.807) is 13.4 Å². The molecule has 6 heteroatoms. The van der Waals surface area contributed by atoms with E-state index in [1.807, 2.05) is 31.2 Å². The fourth-order valence-electron chi connectivity index (χ4n) is 3.56. The number of amides is 1. The van der Waals surface area contributed by atoms with Crippen molar-refractivity contribution in [2.45, 2.75) is 57.5 Å². The molecule has 1 atom stereocenters. The summed E-state index contributed by atoms with van der Waals surface area (Å²) in [6.07, 6.45) is 7.70. The maximum absolute atomic E-state index is 12.3. The third-order valence-corrected chi connectivity index (χ3v) is 4.90. The van der Waals surface area contributed by atoms with Gasteiger partial charge in [-0.25, -0.2) is 0 Å².